The van der Waals surface area contributed by atoms with Crippen LogP contribution in [0.2, 0.25) is 0 Å². The zero-order valence-corrected chi connectivity index (χ0v) is 37.5. The van der Waals surface area contributed by atoms with Crippen molar-refractivity contribution in [2.24, 2.45) is 0 Å². The molecule has 0 saturated carbocycles. The molecule has 2 aromatic heterocycles. The van der Waals surface area contributed by atoms with E-state index in [1.165, 1.54) is 0 Å². The molecule has 0 aliphatic carbocycles. The van der Waals surface area contributed by atoms with Gasteiger partial charge in [0.25, 0.3) is 0 Å². The van der Waals surface area contributed by atoms with Crippen molar-refractivity contribution < 1.29 is 41.3 Å². The molecule has 8 aromatic rings. The van der Waals surface area contributed by atoms with Gasteiger partial charge in [-0.1, -0.05) is 170 Å². The van der Waals surface area contributed by atoms with E-state index >= 15 is 0 Å². The summed E-state index contributed by atoms with van der Waals surface area (Å²) in [4.78, 5) is 9.87. The fourth-order valence-electron chi connectivity index (χ4n) is 7.35. The SMILES string of the molecule is [2H]c1nc(-c2[c-]c(-c3cccc4c3nc(-c3cc(C(C)(C)C)cc(C(C)(C)C)c3O)n4-c3ccc(C([2H])([2H])[2H])cc3-c3ccccc3)cc(C(C)(C)C)c2)c([2H])c(-c2c([2H])c([2H])c([2H])c([2H])c2[2H])c1[2H].[Pt]. The number of fused-ring (bicyclic) bond motifs is 1. The van der Waals surface area contributed by atoms with Crippen LogP contribution in [0.4, 0.5) is 0 Å². The molecule has 0 spiro atoms. The summed E-state index contributed by atoms with van der Waals surface area (Å²) in [7, 11) is 0. The van der Waals surface area contributed by atoms with Gasteiger partial charge in [-0.3, -0.25) is 9.55 Å². The van der Waals surface area contributed by atoms with Gasteiger partial charge < -0.3 is 5.11 Å². The normalized spacial score (nSPS) is 14.9. The number of imidazole rings is 1. The summed E-state index contributed by atoms with van der Waals surface area (Å²) >= 11 is 0. The zero-order valence-electron chi connectivity index (χ0n) is 46.3. The molecule has 0 amide bonds. The van der Waals surface area contributed by atoms with Crippen molar-refractivity contribution in [3.05, 3.63) is 168 Å². The van der Waals surface area contributed by atoms with Crippen LogP contribution in [-0.2, 0) is 37.3 Å². The predicted molar refractivity (Wildman–Crippen MR) is 247 cm³/mol. The summed E-state index contributed by atoms with van der Waals surface area (Å²) in [6, 6.07) is 27.4. The third-order valence-electron chi connectivity index (χ3n) is 10.7. The van der Waals surface area contributed by atoms with E-state index in [4.69, 9.17) is 18.7 Å². The summed E-state index contributed by atoms with van der Waals surface area (Å²) < 4.78 is 96.5. The number of hydrogen-bond acceptors (Lipinski definition) is 3. The Bertz CT molecular complexity index is 3390. The molecule has 0 unspecified atom stereocenters. The van der Waals surface area contributed by atoms with Crippen molar-refractivity contribution in [2.75, 3.05) is 0 Å². The Kier molecular flexibility index (Phi) is 8.19. The van der Waals surface area contributed by atoms with Crippen molar-refractivity contribution in [3.63, 3.8) is 0 Å². The van der Waals surface area contributed by atoms with Crippen LogP contribution in [0.25, 0.3) is 72.7 Å². The monoisotopic (exact) mass is 978 g/mol. The first-order chi connectivity index (χ1) is 32.5. The summed E-state index contributed by atoms with van der Waals surface area (Å²) in [6.45, 7) is 16.1. The quantitative estimate of drug-likeness (QED) is 0.169. The number of nitrogens with zero attached hydrogens (tertiary/aromatic N) is 3. The van der Waals surface area contributed by atoms with Gasteiger partial charge in [-0.15, -0.1) is 29.3 Å². The molecule has 5 heteroatoms. The standard InChI is InChI=1S/C55H54N3O.Pt/c1-35-24-25-48(44(28-35)37-20-15-12-16-21-37)58-49-23-17-22-43(50(49)57-52(58)45-33-42(54(5,6)7)34-46(51(45)59)55(8,9)10)39-29-40(31-41(30-39)53(2,3)4)47-32-38(26-27-56-47)36-18-13-11-14-19-36;/h11-28,30-34,59H,1-10H3;/q-1;/i1D3,11D,13D,14D,18D,19D,26D,27D,32D;. The van der Waals surface area contributed by atoms with Gasteiger partial charge in [0.15, 0.2) is 0 Å². The summed E-state index contributed by atoms with van der Waals surface area (Å²) in [6.07, 6.45) is -0.555. The topological polar surface area (TPSA) is 50.9 Å². The number of aromatic nitrogens is 3. The van der Waals surface area contributed by atoms with Gasteiger partial charge >= 0.3 is 0 Å². The first-order valence-electron chi connectivity index (χ1n) is 25.2. The number of phenols is 1. The van der Waals surface area contributed by atoms with E-state index in [9.17, 15) is 6.48 Å². The maximum absolute atomic E-state index is 12.5. The third kappa shape index (κ3) is 8.28. The fourth-order valence-corrected chi connectivity index (χ4v) is 7.35. The molecule has 2 heterocycles. The largest absolute Gasteiger partial charge is 0.507 e. The van der Waals surface area contributed by atoms with Gasteiger partial charge in [-0.25, -0.2) is 4.98 Å². The Hall–Kier alpha value is -5.57. The van der Waals surface area contributed by atoms with E-state index in [1.807, 2.05) is 113 Å². The molecule has 0 bridgehead atoms. The van der Waals surface area contributed by atoms with Crippen molar-refractivity contribution in [2.45, 2.75) is 85.4 Å². The molecular formula is C55H54N3OPt-. The van der Waals surface area contributed by atoms with Gasteiger partial charge in [0.2, 0.25) is 0 Å². The summed E-state index contributed by atoms with van der Waals surface area (Å²) in [5, 5.41) is 12.5. The van der Waals surface area contributed by atoms with Crippen molar-refractivity contribution in [1.82, 2.24) is 14.5 Å². The molecule has 1 N–H and O–H groups in total. The van der Waals surface area contributed by atoms with Crippen LogP contribution >= 0.6 is 0 Å². The first kappa shape index (κ1) is 30.5. The molecule has 0 fully saturated rings. The maximum atomic E-state index is 12.5. The van der Waals surface area contributed by atoms with Crippen LogP contribution in [0.1, 0.15) is 99.6 Å². The molecule has 60 heavy (non-hydrogen) atoms. The van der Waals surface area contributed by atoms with E-state index in [0.29, 0.717) is 44.8 Å². The van der Waals surface area contributed by atoms with Crippen LogP contribution < -0.4 is 0 Å². The van der Waals surface area contributed by atoms with Crippen LogP contribution in [0.3, 0.4) is 0 Å². The molecule has 8 rings (SSSR count). The number of pyridine rings is 1. The minimum Gasteiger partial charge on any atom is -0.507 e. The molecule has 4 nitrogen and oxygen atoms in total. The Labute approximate surface area is 386 Å². The number of para-hydroxylation sites is 1. The van der Waals surface area contributed by atoms with Gasteiger partial charge in [-0.2, -0.15) is 0 Å². The number of phenolic OH excluding ortho intramolecular Hbond substituents is 1. The first-order valence-corrected chi connectivity index (χ1v) is 19.7. The van der Waals surface area contributed by atoms with E-state index < -0.39 is 66.2 Å². The molecular weight excluding hydrogens is 914 g/mol. The second-order valence-corrected chi connectivity index (χ2v) is 18.1. The molecule has 0 aliphatic rings. The predicted octanol–water partition coefficient (Wildman–Crippen LogP) is 14.5. The molecule has 6 aromatic carbocycles. The van der Waals surface area contributed by atoms with E-state index in [-0.39, 0.29) is 60.2 Å². The van der Waals surface area contributed by atoms with Crippen molar-refractivity contribution >= 4 is 11.0 Å². The van der Waals surface area contributed by atoms with Crippen LogP contribution in [0.5, 0.6) is 5.75 Å². The second kappa shape index (κ2) is 16.1. The maximum Gasteiger partial charge on any atom is 0.148 e. The van der Waals surface area contributed by atoms with Gasteiger partial charge in [0.1, 0.15) is 11.6 Å². The van der Waals surface area contributed by atoms with Crippen molar-refractivity contribution in [1.29, 1.82) is 0 Å². The molecule has 0 aliphatic heterocycles. The third-order valence-corrected chi connectivity index (χ3v) is 10.7. The van der Waals surface area contributed by atoms with Crippen LogP contribution in [0.15, 0.2) is 139 Å². The number of hydrogen-bond donors (Lipinski definition) is 1. The van der Waals surface area contributed by atoms with Gasteiger partial charge in [-0.05, 0) is 75.7 Å². The Morgan fingerprint density at radius 2 is 1.35 bits per heavy atom. The minimum absolute atomic E-state index is 0. The molecule has 306 valence electrons. The Morgan fingerprint density at radius 3 is 2.03 bits per heavy atom. The molecule has 0 radical (unpaired) electrons. The average Bonchev–Trinajstić information content (AvgIpc) is 3.68. The smallest absolute Gasteiger partial charge is 0.148 e. The molecule has 0 atom stereocenters. The van der Waals surface area contributed by atoms with Crippen LogP contribution in [-0.4, -0.2) is 19.6 Å². The number of benzene rings is 6. The average molecular weight is 979 g/mol. The van der Waals surface area contributed by atoms with Gasteiger partial charge in [0.05, 0.1) is 33.3 Å². The Balaban J connectivity index is 0.00000741. The minimum atomic E-state index is -2.41. The molecule has 0 saturated heterocycles. The zero-order chi connectivity index (χ0) is 51.3. The number of rotatable bonds is 6. The summed E-state index contributed by atoms with van der Waals surface area (Å²) in [5.41, 5.74) is 5.52. The number of aromatic hydroxyl groups is 1. The van der Waals surface area contributed by atoms with E-state index in [0.717, 1.165) is 22.3 Å². The van der Waals surface area contributed by atoms with E-state index in [2.05, 4.69) is 31.8 Å². The van der Waals surface area contributed by atoms with Crippen molar-refractivity contribution in [3.8, 4) is 67.5 Å². The summed E-state index contributed by atoms with van der Waals surface area (Å²) in [5.74, 6) is 0.446. The van der Waals surface area contributed by atoms with E-state index in [1.54, 1.807) is 24.3 Å². The number of aryl methyl sites for hydroxylation is 1. The Morgan fingerprint density at radius 1 is 0.650 bits per heavy atom. The van der Waals surface area contributed by atoms with Gasteiger partial charge in [0, 0.05) is 48.2 Å². The second-order valence-electron chi connectivity index (χ2n) is 18.1. The fraction of sp³-hybridized carbons (Fsp3) is 0.236. The van der Waals surface area contributed by atoms with Crippen LogP contribution in [0, 0.1) is 12.9 Å².